The molecule has 340 valence electrons. The van der Waals surface area contributed by atoms with E-state index in [0.717, 1.165) is 77.3 Å². The van der Waals surface area contributed by atoms with Crippen molar-refractivity contribution < 1.29 is 8.78 Å². The number of rotatable bonds is 9. The molecule has 1 heterocycles. The Kier molecular flexibility index (Phi) is 10.6. The van der Waals surface area contributed by atoms with Crippen molar-refractivity contribution >= 4 is 60.4 Å². The number of aromatic nitrogens is 1. The molecule has 0 spiro atoms. The Morgan fingerprint density at radius 3 is 1.21 bits per heavy atom. The summed E-state index contributed by atoms with van der Waals surface area (Å²) in [5.41, 5.74) is 14.4. The van der Waals surface area contributed by atoms with Gasteiger partial charge in [0.2, 0.25) is 0 Å². The molecule has 13 rings (SSSR count). The number of hydrogen-bond acceptors (Lipinski definition) is 1. The molecule has 0 saturated heterocycles. The summed E-state index contributed by atoms with van der Waals surface area (Å²) in [6.45, 7) is 0. The molecule has 0 atom stereocenters. The van der Waals surface area contributed by atoms with E-state index in [9.17, 15) is 0 Å². The number of hydrogen-bond donors (Lipinski definition) is 0. The number of fused-ring (bicyclic) bond motifs is 5. The van der Waals surface area contributed by atoms with Crippen molar-refractivity contribution in [2.45, 2.75) is 0 Å². The summed E-state index contributed by atoms with van der Waals surface area (Å²) in [6, 6.07) is 90.1. The first-order valence-electron chi connectivity index (χ1n) is 24.3. The van der Waals surface area contributed by atoms with Crippen LogP contribution in [0.4, 0.5) is 25.8 Å². The normalized spacial score (nSPS) is 11.5. The van der Waals surface area contributed by atoms with Gasteiger partial charge in [-0.2, -0.15) is 0 Å². The van der Waals surface area contributed by atoms with Crippen molar-refractivity contribution in [1.29, 1.82) is 0 Å². The topological polar surface area (TPSA) is 8.17 Å². The van der Waals surface area contributed by atoms with Gasteiger partial charge in [-0.25, -0.2) is 8.78 Å². The molecule has 0 aliphatic carbocycles. The van der Waals surface area contributed by atoms with Crippen LogP contribution < -0.4 is 4.90 Å². The van der Waals surface area contributed by atoms with Crippen molar-refractivity contribution in [3.63, 3.8) is 0 Å². The van der Waals surface area contributed by atoms with Gasteiger partial charge in [0.1, 0.15) is 11.6 Å². The molecule has 0 saturated carbocycles. The van der Waals surface area contributed by atoms with Crippen LogP contribution in [0.3, 0.4) is 0 Å². The quantitative estimate of drug-likeness (QED) is 0.140. The fourth-order valence-electron chi connectivity index (χ4n) is 10.7. The van der Waals surface area contributed by atoms with Gasteiger partial charge in [-0.15, -0.1) is 0 Å². The minimum absolute atomic E-state index is 0.371. The van der Waals surface area contributed by atoms with E-state index < -0.39 is 0 Å². The molecule has 72 heavy (non-hydrogen) atoms. The Bertz CT molecular complexity index is 3980. The van der Waals surface area contributed by atoms with E-state index in [1.54, 1.807) is 12.1 Å². The van der Waals surface area contributed by atoms with Gasteiger partial charge in [-0.3, -0.25) is 0 Å². The molecular formula is C68H44F2N2. The fourth-order valence-corrected chi connectivity index (χ4v) is 10.7. The Hall–Kier alpha value is -9.38. The largest absolute Gasteiger partial charge is 0.310 e. The van der Waals surface area contributed by atoms with Crippen LogP contribution in [0.25, 0.3) is 105 Å². The summed E-state index contributed by atoms with van der Waals surface area (Å²) >= 11 is 0. The SMILES string of the molecule is Fc1cc(N(c2ccc(-c3ccc(-c4ccc(-c5ccccc5)cc4)cc3-n3c4ccccc4c4ccccc43)cc2)c2ccc(-c3cccc4ccccc34)c(F)c2)ccc1-c1cccc2ccccc12. The van der Waals surface area contributed by atoms with Gasteiger partial charge in [0.15, 0.2) is 0 Å². The van der Waals surface area contributed by atoms with Crippen molar-refractivity contribution in [1.82, 2.24) is 4.57 Å². The number of anilines is 3. The molecule has 0 bridgehead atoms. The van der Waals surface area contributed by atoms with E-state index in [1.807, 2.05) is 132 Å². The smallest absolute Gasteiger partial charge is 0.133 e. The molecule has 4 heteroatoms. The molecular weight excluding hydrogens is 883 g/mol. The molecule has 1 aromatic heterocycles. The molecule has 0 aliphatic heterocycles. The van der Waals surface area contributed by atoms with Crippen LogP contribution in [0.15, 0.2) is 267 Å². The highest BCUT2D eigenvalue weighted by Gasteiger charge is 2.21. The lowest BCUT2D eigenvalue weighted by Crippen LogP contribution is -2.11. The number of nitrogens with zero attached hydrogens (tertiary/aromatic N) is 2. The van der Waals surface area contributed by atoms with Crippen LogP contribution >= 0.6 is 0 Å². The second-order valence-electron chi connectivity index (χ2n) is 18.3. The number of halogens is 2. The van der Waals surface area contributed by atoms with Crippen LogP contribution in [0.1, 0.15) is 0 Å². The standard InChI is InChI=1S/C68H44F2N2/c69-64-43-53(37-40-60(64)58-24-12-18-48-16-4-6-20-55(48)58)71(54-38-41-61(65(70)44-54)59-25-13-19-49-17-5-7-21-56(49)59)52-35-32-50(33-36-52)57-39-34-51(47-30-28-46(29-31-47)45-14-2-1-3-15-45)42-68(57)72-66-26-10-8-22-62(66)63-23-9-11-27-67(63)72/h1-44H. The van der Waals surface area contributed by atoms with Crippen molar-refractivity contribution in [3.8, 4) is 61.3 Å². The zero-order valence-electron chi connectivity index (χ0n) is 39.1. The van der Waals surface area contributed by atoms with Gasteiger partial charge in [0, 0.05) is 44.5 Å². The third kappa shape index (κ3) is 7.49. The second-order valence-corrected chi connectivity index (χ2v) is 18.3. The van der Waals surface area contributed by atoms with Gasteiger partial charge < -0.3 is 9.47 Å². The van der Waals surface area contributed by atoms with Crippen LogP contribution in [0, 0.1) is 11.6 Å². The van der Waals surface area contributed by atoms with E-state index in [-0.39, 0.29) is 11.6 Å². The van der Waals surface area contributed by atoms with Gasteiger partial charge in [-0.05, 0) is 127 Å². The van der Waals surface area contributed by atoms with E-state index in [2.05, 4.69) is 132 Å². The Balaban J connectivity index is 0.947. The summed E-state index contributed by atoms with van der Waals surface area (Å²) in [5, 5.41) is 6.38. The second kappa shape index (κ2) is 17.9. The summed E-state index contributed by atoms with van der Waals surface area (Å²) in [6.07, 6.45) is 0. The highest BCUT2D eigenvalue weighted by atomic mass is 19.1. The van der Waals surface area contributed by atoms with Crippen molar-refractivity contribution in [2.24, 2.45) is 0 Å². The van der Waals surface area contributed by atoms with Gasteiger partial charge >= 0.3 is 0 Å². The summed E-state index contributed by atoms with van der Waals surface area (Å²) in [5.74, 6) is -0.743. The third-order valence-corrected chi connectivity index (χ3v) is 14.2. The monoisotopic (exact) mass is 926 g/mol. The molecule has 2 nitrogen and oxygen atoms in total. The maximum atomic E-state index is 16.8. The van der Waals surface area contributed by atoms with Crippen LogP contribution in [0.5, 0.6) is 0 Å². The summed E-state index contributed by atoms with van der Waals surface area (Å²) in [7, 11) is 0. The van der Waals surface area contributed by atoms with Crippen LogP contribution in [-0.2, 0) is 0 Å². The maximum absolute atomic E-state index is 16.8. The fraction of sp³-hybridized carbons (Fsp3) is 0. The average Bonchev–Trinajstić information content (AvgIpc) is 3.78. The Morgan fingerprint density at radius 2 is 0.667 bits per heavy atom. The highest BCUT2D eigenvalue weighted by molar-refractivity contribution is 6.10. The lowest BCUT2D eigenvalue weighted by molar-refractivity contribution is 0.631. The lowest BCUT2D eigenvalue weighted by Gasteiger charge is -2.27. The first kappa shape index (κ1) is 42.7. The lowest BCUT2D eigenvalue weighted by atomic mass is 9.96. The first-order valence-corrected chi connectivity index (χ1v) is 24.3. The maximum Gasteiger partial charge on any atom is 0.133 e. The van der Waals surface area contributed by atoms with E-state index in [4.69, 9.17) is 0 Å². The van der Waals surface area contributed by atoms with Crippen LogP contribution in [-0.4, -0.2) is 4.57 Å². The summed E-state index contributed by atoms with van der Waals surface area (Å²) < 4.78 is 36.0. The molecule has 0 aliphatic rings. The van der Waals surface area contributed by atoms with E-state index in [0.29, 0.717) is 22.5 Å². The molecule has 12 aromatic carbocycles. The number of para-hydroxylation sites is 2. The summed E-state index contributed by atoms with van der Waals surface area (Å²) in [4.78, 5) is 1.94. The predicted molar refractivity (Wildman–Crippen MR) is 298 cm³/mol. The van der Waals surface area contributed by atoms with Gasteiger partial charge in [0.25, 0.3) is 0 Å². The average molecular weight is 927 g/mol. The zero-order valence-corrected chi connectivity index (χ0v) is 39.1. The molecule has 13 aromatic rings. The van der Waals surface area contributed by atoms with Crippen molar-refractivity contribution in [2.75, 3.05) is 4.90 Å². The Labute approximate surface area is 416 Å². The van der Waals surface area contributed by atoms with Gasteiger partial charge in [0.05, 0.1) is 16.7 Å². The molecule has 0 N–H and O–H groups in total. The van der Waals surface area contributed by atoms with E-state index >= 15 is 8.78 Å². The first-order chi connectivity index (χ1) is 35.5. The number of benzene rings is 12. The van der Waals surface area contributed by atoms with Crippen LogP contribution in [0.2, 0.25) is 0 Å². The third-order valence-electron chi connectivity index (χ3n) is 14.2. The zero-order chi connectivity index (χ0) is 48.1. The molecule has 0 unspecified atom stereocenters. The molecule has 0 radical (unpaired) electrons. The molecule has 0 fully saturated rings. The van der Waals surface area contributed by atoms with E-state index in [1.165, 1.54) is 21.9 Å². The highest BCUT2D eigenvalue weighted by Crippen LogP contribution is 2.43. The van der Waals surface area contributed by atoms with Crippen molar-refractivity contribution in [3.05, 3.63) is 279 Å². The minimum Gasteiger partial charge on any atom is -0.310 e. The molecule has 0 amide bonds. The Morgan fingerprint density at radius 1 is 0.264 bits per heavy atom. The van der Waals surface area contributed by atoms with Gasteiger partial charge in [-0.1, -0.05) is 200 Å². The predicted octanol–water partition coefficient (Wildman–Crippen LogP) is 19.2. The minimum atomic E-state index is -0.371.